The summed E-state index contributed by atoms with van der Waals surface area (Å²) in [7, 11) is 0. The van der Waals surface area contributed by atoms with Crippen LogP contribution in [0.25, 0.3) is 34.0 Å². The molecule has 0 spiro atoms. The van der Waals surface area contributed by atoms with Gasteiger partial charge in [-0.3, -0.25) is 4.57 Å². The molecule has 3 aromatic carbocycles. The normalized spacial score (nSPS) is 11.6. The van der Waals surface area contributed by atoms with Crippen molar-refractivity contribution in [2.45, 2.75) is 53.4 Å². The maximum atomic E-state index is 10.8. The van der Waals surface area contributed by atoms with Crippen LogP contribution >= 0.6 is 0 Å². The van der Waals surface area contributed by atoms with Crippen molar-refractivity contribution in [3.8, 4) is 39.8 Å². The van der Waals surface area contributed by atoms with Gasteiger partial charge in [0.15, 0.2) is 0 Å². The second-order valence-corrected chi connectivity index (χ2v) is 10.3. The number of aryl methyl sites for hydroxylation is 2. The molecule has 1 N–H and O–H groups in total. The number of aromatic hydroxyl groups is 1. The average Bonchev–Trinajstić information content (AvgIpc) is 3.46. The van der Waals surface area contributed by atoms with E-state index in [1.807, 2.05) is 35.9 Å². The van der Waals surface area contributed by atoms with Gasteiger partial charge in [-0.15, -0.1) is 0 Å². The van der Waals surface area contributed by atoms with E-state index in [9.17, 15) is 5.11 Å². The summed E-state index contributed by atoms with van der Waals surface area (Å²) in [5, 5.41) is 15.5. The zero-order valence-corrected chi connectivity index (χ0v) is 22.4. The monoisotopic (exact) mass is 490 g/mol. The maximum absolute atomic E-state index is 10.8. The molecule has 5 rings (SSSR count). The third kappa shape index (κ3) is 4.57. The Morgan fingerprint density at radius 3 is 2.08 bits per heavy atom. The zero-order chi connectivity index (χ0) is 26.3. The lowest BCUT2D eigenvalue weighted by Crippen LogP contribution is -2.07. The minimum Gasteiger partial charge on any atom is -0.507 e. The van der Waals surface area contributed by atoms with Crippen LogP contribution in [0.5, 0.6) is 5.75 Å². The number of hydrogen-bond donors (Lipinski definition) is 1. The van der Waals surface area contributed by atoms with Crippen LogP contribution in [0.3, 0.4) is 0 Å². The fraction of sp³-hybridized carbons (Fsp3) is 0.250. The molecule has 5 aromatic rings. The Labute approximate surface area is 219 Å². The largest absolute Gasteiger partial charge is 0.507 e. The molecule has 188 valence electrons. The van der Waals surface area contributed by atoms with Crippen molar-refractivity contribution < 1.29 is 5.11 Å². The van der Waals surface area contributed by atoms with E-state index in [2.05, 4.69) is 92.9 Å². The van der Waals surface area contributed by atoms with Crippen LogP contribution in [0.15, 0.2) is 79.0 Å². The van der Waals surface area contributed by atoms with Gasteiger partial charge in [-0.2, -0.15) is 5.10 Å². The Kier molecular flexibility index (Phi) is 6.46. The molecule has 37 heavy (non-hydrogen) atoms. The van der Waals surface area contributed by atoms with E-state index in [0.717, 1.165) is 39.8 Å². The summed E-state index contributed by atoms with van der Waals surface area (Å²) in [4.78, 5) is 5.12. The molecule has 0 unspecified atom stereocenters. The van der Waals surface area contributed by atoms with Gasteiger partial charge in [0.1, 0.15) is 11.6 Å². The first-order valence-corrected chi connectivity index (χ1v) is 12.9. The molecular weight excluding hydrogens is 456 g/mol. The SMILES string of the molecule is Cc1cc(C)n(-c2cccc(-c3cn(-c4c(C(C)C)cccc4C(C)C)c(-c4ccccc4O)n3)c2)n1. The number of hydrogen-bond acceptors (Lipinski definition) is 3. The van der Waals surface area contributed by atoms with Crippen molar-refractivity contribution in [2.75, 3.05) is 0 Å². The average molecular weight is 491 g/mol. The Bertz CT molecular complexity index is 1550. The smallest absolute Gasteiger partial charge is 0.148 e. The van der Waals surface area contributed by atoms with Crippen LogP contribution in [0.1, 0.15) is 62.0 Å². The van der Waals surface area contributed by atoms with Gasteiger partial charge in [-0.25, -0.2) is 9.67 Å². The molecule has 2 heterocycles. The Morgan fingerprint density at radius 1 is 0.784 bits per heavy atom. The van der Waals surface area contributed by atoms with E-state index in [1.54, 1.807) is 6.07 Å². The topological polar surface area (TPSA) is 55.9 Å². The molecule has 0 aliphatic rings. The summed E-state index contributed by atoms with van der Waals surface area (Å²) in [6, 6.07) is 24.3. The number of benzene rings is 3. The van der Waals surface area contributed by atoms with Crippen LogP contribution < -0.4 is 0 Å². The number of aromatic nitrogens is 4. The minimum absolute atomic E-state index is 0.213. The summed E-state index contributed by atoms with van der Waals surface area (Å²) in [6.07, 6.45) is 2.11. The van der Waals surface area contributed by atoms with Crippen molar-refractivity contribution in [1.29, 1.82) is 0 Å². The molecule has 0 radical (unpaired) electrons. The van der Waals surface area contributed by atoms with Gasteiger partial charge in [0, 0.05) is 17.5 Å². The highest BCUT2D eigenvalue weighted by Gasteiger charge is 2.22. The molecule has 0 aliphatic carbocycles. The summed E-state index contributed by atoms with van der Waals surface area (Å²) >= 11 is 0. The number of para-hydroxylation sites is 2. The summed E-state index contributed by atoms with van der Waals surface area (Å²) in [6.45, 7) is 13.0. The molecule has 0 aliphatic heterocycles. The Morgan fingerprint density at radius 2 is 1.46 bits per heavy atom. The van der Waals surface area contributed by atoms with Gasteiger partial charge >= 0.3 is 0 Å². The van der Waals surface area contributed by atoms with Crippen molar-refractivity contribution in [3.63, 3.8) is 0 Å². The first kappa shape index (κ1) is 24.6. The predicted octanol–water partition coefficient (Wildman–Crippen LogP) is 7.96. The molecule has 0 saturated heterocycles. The van der Waals surface area contributed by atoms with Crippen molar-refractivity contribution in [2.24, 2.45) is 0 Å². The molecule has 0 saturated carbocycles. The summed E-state index contributed by atoms with van der Waals surface area (Å²) in [5.74, 6) is 1.59. The Hall–Kier alpha value is -4.12. The highest BCUT2D eigenvalue weighted by Crippen LogP contribution is 2.38. The van der Waals surface area contributed by atoms with Crippen LogP contribution in [0.4, 0.5) is 0 Å². The van der Waals surface area contributed by atoms with Crippen molar-refractivity contribution >= 4 is 0 Å². The first-order valence-electron chi connectivity index (χ1n) is 12.9. The lowest BCUT2D eigenvalue weighted by molar-refractivity contribution is 0.477. The zero-order valence-electron chi connectivity index (χ0n) is 22.4. The molecular formula is C32H34N4O. The van der Waals surface area contributed by atoms with Crippen LogP contribution in [-0.2, 0) is 0 Å². The second-order valence-electron chi connectivity index (χ2n) is 10.3. The number of nitrogens with zero attached hydrogens (tertiary/aromatic N) is 4. The third-order valence-electron chi connectivity index (χ3n) is 6.83. The van der Waals surface area contributed by atoms with E-state index >= 15 is 0 Å². The van der Waals surface area contributed by atoms with Gasteiger partial charge in [0.25, 0.3) is 0 Å². The van der Waals surface area contributed by atoms with Gasteiger partial charge in [-0.1, -0.05) is 70.2 Å². The molecule has 0 bridgehead atoms. The van der Waals surface area contributed by atoms with Crippen LogP contribution in [-0.4, -0.2) is 24.4 Å². The van der Waals surface area contributed by atoms with Crippen molar-refractivity contribution in [1.82, 2.24) is 19.3 Å². The molecule has 0 atom stereocenters. The second kappa shape index (κ2) is 9.74. The van der Waals surface area contributed by atoms with Gasteiger partial charge in [-0.05, 0) is 67.1 Å². The van der Waals surface area contributed by atoms with Gasteiger partial charge in [0.05, 0.1) is 28.3 Å². The maximum Gasteiger partial charge on any atom is 0.148 e. The fourth-order valence-corrected chi connectivity index (χ4v) is 5.02. The van der Waals surface area contributed by atoms with Gasteiger partial charge in [0.2, 0.25) is 0 Å². The minimum atomic E-state index is 0.213. The van der Waals surface area contributed by atoms with E-state index in [0.29, 0.717) is 17.4 Å². The highest BCUT2D eigenvalue weighted by atomic mass is 16.3. The highest BCUT2D eigenvalue weighted by molar-refractivity contribution is 5.73. The van der Waals surface area contributed by atoms with Crippen molar-refractivity contribution in [3.05, 3.63) is 102 Å². The number of phenols is 1. The van der Waals surface area contributed by atoms with E-state index < -0.39 is 0 Å². The summed E-state index contributed by atoms with van der Waals surface area (Å²) < 4.78 is 4.13. The van der Waals surface area contributed by atoms with E-state index in [1.165, 1.54) is 11.1 Å². The van der Waals surface area contributed by atoms with E-state index in [-0.39, 0.29) is 5.75 Å². The van der Waals surface area contributed by atoms with Gasteiger partial charge < -0.3 is 5.11 Å². The third-order valence-corrected chi connectivity index (χ3v) is 6.83. The Balaban J connectivity index is 1.77. The van der Waals surface area contributed by atoms with Crippen LogP contribution in [0.2, 0.25) is 0 Å². The van der Waals surface area contributed by atoms with E-state index in [4.69, 9.17) is 4.98 Å². The number of imidazole rings is 1. The molecule has 0 amide bonds. The summed E-state index contributed by atoms with van der Waals surface area (Å²) in [5.41, 5.74) is 9.25. The lowest BCUT2D eigenvalue weighted by atomic mass is 9.92. The number of phenolic OH excluding ortho intramolecular Hbond substituents is 1. The molecule has 5 heteroatoms. The molecule has 5 nitrogen and oxygen atoms in total. The van der Waals surface area contributed by atoms with Crippen LogP contribution in [0, 0.1) is 13.8 Å². The first-order chi connectivity index (χ1) is 17.7. The quantitative estimate of drug-likeness (QED) is 0.263. The predicted molar refractivity (Wildman–Crippen MR) is 151 cm³/mol. The standard InChI is InChI=1S/C32H34N4O/c1-20(2)26-14-10-15-27(21(3)4)31(26)35-19-29(33-32(35)28-13-7-8-16-30(28)37)24-11-9-12-25(18-24)36-23(6)17-22(5)34-36/h7-21,37H,1-6H3. The molecule has 2 aromatic heterocycles. The number of rotatable bonds is 6. The fourth-order valence-electron chi connectivity index (χ4n) is 5.02. The molecule has 0 fully saturated rings. The lowest BCUT2D eigenvalue weighted by Gasteiger charge is -2.22.